The van der Waals surface area contributed by atoms with Crippen molar-refractivity contribution in [2.24, 2.45) is 9.98 Å². The molecule has 9 heteroatoms. The van der Waals surface area contributed by atoms with Crippen LogP contribution < -0.4 is 4.72 Å². The Kier molecular flexibility index (Phi) is 7.55. The summed E-state index contributed by atoms with van der Waals surface area (Å²) in [6.07, 6.45) is 4.66. The number of benzene rings is 2. The fraction of sp³-hybridized carbons (Fsp3) is 0. The van der Waals surface area contributed by atoms with Crippen LogP contribution >= 0.6 is 11.6 Å². The van der Waals surface area contributed by atoms with Crippen LogP contribution in [0.5, 0.6) is 0 Å². The van der Waals surface area contributed by atoms with Gasteiger partial charge in [-0.15, -0.1) is 0 Å². The molecule has 1 N–H and O–H groups in total. The van der Waals surface area contributed by atoms with Crippen molar-refractivity contribution >= 4 is 52.0 Å². The molecule has 0 aliphatic heterocycles. The smallest absolute Gasteiger partial charge is 0.262 e. The molecule has 0 saturated carbocycles. The van der Waals surface area contributed by atoms with Crippen LogP contribution in [0.3, 0.4) is 0 Å². The van der Waals surface area contributed by atoms with Crippen molar-refractivity contribution in [2.45, 2.75) is 4.90 Å². The average Bonchev–Trinajstić information content (AvgIpc) is 2.82. The number of rotatable bonds is 9. The molecule has 0 fully saturated rings. The van der Waals surface area contributed by atoms with Gasteiger partial charge in [0.15, 0.2) is 5.15 Å². The van der Waals surface area contributed by atoms with Gasteiger partial charge in [0.25, 0.3) is 10.0 Å². The van der Waals surface area contributed by atoms with E-state index in [1.54, 1.807) is 18.2 Å². The first-order valence-corrected chi connectivity index (χ1v) is 11.6. The summed E-state index contributed by atoms with van der Waals surface area (Å²) in [5.74, 6) is -0.676. The van der Waals surface area contributed by atoms with Gasteiger partial charge in [-0.05, 0) is 72.6 Å². The molecule has 3 rings (SSSR count). The molecule has 0 radical (unpaired) electrons. The third-order valence-electron chi connectivity index (χ3n) is 4.78. The molecule has 0 amide bonds. The first-order chi connectivity index (χ1) is 16.2. The van der Waals surface area contributed by atoms with Crippen LogP contribution in [0.4, 0.5) is 15.8 Å². The van der Waals surface area contributed by atoms with Crippen molar-refractivity contribution < 1.29 is 12.8 Å². The number of hydrogen-bond acceptors (Lipinski definition) is 5. The van der Waals surface area contributed by atoms with Gasteiger partial charge in [0.1, 0.15) is 5.82 Å². The van der Waals surface area contributed by atoms with E-state index in [0.717, 1.165) is 12.1 Å². The number of aromatic nitrogens is 1. The summed E-state index contributed by atoms with van der Waals surface area (Å²) in [4.78, 5) is 11.6. The fourth-order valence-electron chi connectivity index (χ4n) is 3.03. The highest BCUT2D eigenvalue weighted by Gasteiger charge is 2.18. The number of hydrogen-bond donors (Lipinski definition) is 1. The molecular weight excluding hydrogens is 475 g/mol. The molecule has 172 valence electrons. The summed E-state index contributed by atoms with van der Waals surface area (Å²) in [7, 11) is -4.09. The van der Waals surface area contributed by atoms with Crippen molar-refractivity contribution in [3.05, 3.63) is 102 Å². The van der Waals surface area contributed by atoms with Crippen molar-refractivity contribution in [2.75, 3.05) is 4.72 Å². The number of sulfonamides is 1. The molecule has 2 aromatic carbocycles. The molecule has 34 heavy (non-hydrogen) atoms. The zero-order chi connectivity index (χ0) is 24.9. The Hall–Kier alpha value is -3.88. The summed E-state index contributed by atoms with van der Waals surface area (Å²) in [5, 5.41) is -0.0619. The van der Waals surface area contributed by atoms with Gasteiger partial charge < -0.3 is 0 Å². The predicted octanol–water partition coefficient (Wildman–Crippen LogP) is 6.46. The second-order valence-electron chi connectivity index (χ2n) is 7.02. The fourth-order valence-corrected chi connectivity index (χ4v) is 4.32. The molecule has 0 bridgehead atoms. The van der Waals surface area contributed by atoms with Gasteiger partial charge in [0.05, 0.1) is 16.3 Å². The first kappa shape index (κ1) is 24.8. The normalized spacial score (nSPS) is 11.2. The molecule has 6 nitrogen and oxygen atoms in total. The van der Waals surface area contributed by atoms with Crippen LogP contribution in [0, 0.1) is 5.82 Å². The van der Waals surface area contributed by atoms with E-state index in [1.165, 1.54) is 30.6 Å². The maximum Gasteiger partial charge on any atom is 0.262 e. The van der Waals surface area contributed by atoms with E-state index in [9.17, 15) is 12.8 Å². The zero-order valence-corrected chi connectivity index (χ0v) is 19.6. The van der Waals surface area contributed by atoms with Crippen LogP contribution in [0.15, 0.2) is 101 Å². The monoisotopic (exact) mass is 494 g/mol. The van der Waals surface area contributed by atoms with Gasteiger partial charge in [-0.1, -0.05) is 36.9 Å². The molecule has 3 aromatic rings. The lowest BCUT2D eigenvalue weighted by molar-refractivity contribution is 0.595. The van der Waals surface area contributed by atoms with Crippen LogP contribution in [0.25, 0.3) is 16.7 Å². The first-order valence-electron chi connectivity index (χ1n) is 9.72. The van der Waals surface area contributed by atoms with E-state index in [2.05, 4.69) is 46.3 Å². The highest BCUT2D eigenvalue weighted by Crippen LogP contribution is 2.35. The molecule has 0 saturated heterocycles. The number of nitrogens with one attached hydrogen (secondary N) is 1. The predicted molar refractivity (Wildman–Crippen MR) is 138 cm³/mol. The molecule has 0 atom stereocenters. The Morgan fingerprint density at radius 1 is 1.09 bits per heavy atom. The molecule has 1 aromatic heterocycles. The quantitative estimate of drug-likeness (QED) is 0.210. The zero-order valence-electron chi connectivity index (χ0n) is 18.0. The summed E-state index contributed by atoms with van der Waals surface area (Å²) < 4.78 is 41.3. The number of pyridine rings is 1. The molecular formula is C25H20ClFN4O2S. The lowest BCUT2D eigenvalue weighted by Crippen LogP contribution is -2.13. The van der Waals surface area contributed by atoms with Gasteiger partial charge in [-0.3, -0.25) is 14.7 Å². The molecule has 0 unspecified atom stereocenters. The van der Waals surface area contributed by atoms with E-state index in [4.69, 9.17) is 11.6 Å². The lowest BCUT2D eigenvalue weighted by Gasteiger charge is -2.14. The maximum absolute atomic E-state index is 13.5. The summed E-state index contributed by atoms with van der Waals surface area (Å²) >= 11 is 6.15. The summed E-state index contributed by atoms with van der Waals surface area (Å²) in [6.45, 7) is 15.1. The minimum atomic E-state index is -4.09. The SMILES string of the molecule is C=N/C=C\C(=C)C(=C)c1cc(-c2cnc(Cl)c(NS(=O)(=O)c3cccc(F)c3)c2)ccc1N=C. The Morgan fingerprint density at radius 2 is 1.85 bits per heavy atom. The largest absolute Gasteiger partial charge is 0.276 e. The molecule has 0 aliphatic rings. The van der Waals surface area contributed by atoms with Crippen LogP contribution in [0.1, 0.15) is 5.56 Å². The van der Waals surface area contributed by atoms with E-state index in [0.29, 0.717) is 33.5 Å². The topological polar surface area (TPSA) is 83.8 Å². The summed E-state index contributed by atoms with van der Waals surface area (Å²) in [5.41, 5.74) is 3.76. The van der Waals surface area contributed by atoms with Gasteiger partial charge in [-0.2, -0.15) is 0 Å². The highest BCUT2D eigenvalue weighted by molar-refractivity contribution is 7.92. The van der Waals surface area contributed by atoms with Crippen LogP contribution in [-0.2, 0) is 10.0 Å². The number of anilines is 1. The lowest BCUT2D eigenvalue weighted by atomic mass is 9.95. The Balaban J connectivity index is 2.02. The van der Waals surface area contributed by atoms with Crippen molar-refractivity contribution in [3.63, 3.8) is 0 Å². The molecule has 0 aliphatic carbocycles. The number of nitrogens with zero attached hydrogens (tertiary/aromatic N) is 3. The van der Waals surface area contributed by atoms with Gasteiger partial charge >= 0.3 is 0 Å². The van der Waals surface area contributed by atoms with Gasteiger partial charge in [0, 0.05) is 23.5 Å². The number of allylic oxidation sites excluding steroid dienone is 3. The van der Waals surface area contributed by atoms with E-state index >= 15 is 0 Å². The van der Waals surface area contributed by atoms with Crippen molar-refractivity contribution in [3.8, 4) is 11.1 Å². The highest BCUT2D eigenvalue weighted by atomic mass is 35.5. The van der Waals surface area contributed by atoms with Crippen LogP contribution in [0.2, 0.25) is 5.15 Å². The summed E-state index contributed by atoms with van der Waals surface area (Å²) in [6, 6.07) is 11.5. The number of aliphatic imine (C=N–C) groups is 2. The minimum Gasteiger partial charge on any atom is -0.276 e. The van der Waals surface area contributed by atoms with Crippen LogP contribution in [-0.4, -0.2) is 26.8 Å². The second kappa shape index (κ2) is 10.4. The van der Waals surface area contributed by atoms with Gasteiger partial charge in [0.2, 0.25) is 0 Å². The van der Waals surface area contributed by atoms with Crippen molar-refractivity contribution in [1.29, 1.82) is 0 Å². The van der Waals surface area contributed by atoms with E-state index in [1.807, 2.05) is 6.07 Å². The Labute approximate surface area is 202 Å². The Morgan fingerprint density at radius 3 is 2.53 bits per heavy atom. The minimum absolute atomic E-state index is 0.0409. The van der Waals surface area contributed by atoms with E-state index < -0.39 is 15.8 Å². The molecule has 0 spiro atoms. The maximum atomic E-state index is 13.5. The average molecular weight is 495 g/mol. The van der Waals surface area contributed by atoms with Crippen molar-refractivity contribution in [1.82, 2.24) is 4.98 Å². The third kappa shape index (κ3) is 5.54. The standard InChI is InChI=1S/C25H20ClFN4O2S/c1-16(10-11-28-3)17(2)22-12-18(8-9-23(22)29-4)19-13-24(25(26)30-15-19)31-34(32,33)21-7-5-6-20(27)14-21/h5-15,31H,1-4H2/b11-10-. The van der Waals surface area contributed by atoms with E-state index in [-0.39, 0.29) is 15.7 Å². The molecule has 1 heterocycles. The second-order valence-corrected chi connectivity index (χ2v) is 9.06. The van der Waals surface area contributed by atoms with Gasteiger partial charge in [-0.25, -0.2) is 17.8 Å². The third-order valence-corrected chi connectivity index (χ3v) is 6.45. The Bertz CT molecular complexity index is 1450. The number of halogens is 2.